The van der Waals surface area contributed by atoms with Crippen LogP contribution in [0.15, 0.2) is 23.2 Å². The van der Waals surface area contributed by atoms with Gasteiger partial charge in [0.25, 0.3) is 0 Å². The Morgan fingerprint density at radius 2 is 2.00 bits per heavy atom. The van der Waals surface area contributed by atoms with E-state index < -0.39 is 17.3 Å². The van der Waals surface area contributed by atoms with Crippen molar-refractivity contribution in [3.05, 3.63) is 28.8 Å². The number of isocyanates is 1. The fourth-order valence-corrected chi connectivity index (χ4v) is 1.84. The van der Waals surface area contributed by atoms with Gasteiger partial charge in [-0.15, -0.1) is 0 Å². The van der Waals surface area contributed by atoms with Crippen LogP contribution in [-0.4, -0.2) is 17.4 Å². The smallest absolute Gasteiger partial charge is 0.366 e. The number of carbonyl (C=O) groups excluding carboxylic acids is 1. The van der Waals surface area contributed by atoms with Crippen molar-refractivity contribution >= 4 is 23.4 Å². The van der Waals surface area contributed by atoms with Gasteiger partial charge in [0.2, 0.25) is 11.7 Å². The maximum Gasteiger partial charge on any atom is 0.433 e. The number of aliphatic hydroxyl groups is 1. The van der Waals surface area contributed by atoms with Gasteiger partial charge in [-0.1, -0.05) is 23.4 Å². The lowest BCUT2D eigenvalue weighted by Gasteiger charge is -2.26. The van der Waals surface area contributed by atoms with Crippen molar-refractivity contribution in [1.29, 1.82) is 0 Å². The SMILES string of the molecule is O=C=Nc1ccc(Cl)cc1[C@@](O)(C#CC1CC1)C(F)(F)F. The first-order valence-electron chi connectivity index (χ1n) is 5.97. The summed E-state index contributed by atoms with van der Waals surface area (Å²) in [6.45, 7) is 0. The van der Waals surface area contributed by atoms with Crippen LogP contribution < -0.4 is 0 Å². The van der Waals surface area contributed by atoms with Crippen LogP contribution >= 0.6 is 11.6 Å². The van der Waals surface area contributed by atoms with E-state index in [2.05, 4.69) is 10.9 Å². The molecule has 1 fully saturated rings. The first kappa shape index (κ1) is 15.6. The third-order valence-corrected chi connectivity index (χ3v) is 3.19. The van der Waals surface area contributed by atoms with Crippen LogP contribution in [0.25, 0.3) is 0 Å². The zero-order chi connectivity index (χ0) is 15.7. The lowest BCUT2D eigenvalue weighted by Crippen LogP contribution is -2.41. The molecule has 0 spiro atoms. The van der Waals surface area contributed by atoms with Crippen LogP contribution in [0.3, 0.4) is 0 Å². The molecular formula is C14H9ClF3NO2. The van der Waals surface area contributed by atoms with Crippen molar-refractivity contribution < 1.29 is 23.1 Å². The predicted molar refractivity (Wildman–Crippen MR) is 69.7 cm³/mol. The second-order valence-corrected chi connectivity index (χ2v) is 5.05. The summed E-state index contributed by atoms with van der Waals surface area (Å²) in [6.07, 6.45) is -2.50. The van der Waals surface area contributed by atoms with Gasteiger partial charge >= 0.3 is 6.18 Å². The molecule has 0 bridgehead atoms. The minimum atomic E-state index is -5.06. The van der Waals surface area contributed by atoms with Gasteiger partial charge in [0.15, 0.2) is 0 Å². The first-order chi connectivity index (χ1) is 9.78. The van der Waals surface area contributed by atoms with Crippen LogP contribution in [0.1, 0.15) is 18.4 Å². The molecule has 1 aliphatic carbocycles. The number of hydrogen-bond acceptors (Lipinski definition) is 3. The van der Waals surface area contributed by atoms with E-state index >= 15 is 0 Å². The Morgan fingerprint density at radius 3 is 2.52 bits per heavy atom. The Labute approximate surface area is 123 Å². The molecule has 1 aromatic carbocycles. The lowest BCUT2D eigenvalue weighted by atomic mass is 9.92. The molecule has 1 N–H and O–H groups in total. The fourth-order valence-electron chi connectivity index (χ4n) is 1.67. The number of aliphatic imine (C=N–C) groups is 1. The lowest BCUT2D eigenvalue weighted by molar-refractivity contribution is -0.240. The third kappa shape index (κ3) is 3.27. The van der Waals surface area contributed by atoms with Crippen molar-refractivity contribution in [2.75, 3.05) is 0 Å². The number of alkyl halides is 3. The summed E-state index contributed by atoms with van der Waals surface area (Å²) in [5.74, 6) is 4.12. The second-order valence-electron chi connectivity index (χ2n) is 4.62. The topological polar surface area (TPSA) is 49.7 Å². The summed E-state index contributed by atoms with van der Waals surface area (Å²) in [5.41, 5.74) is -4.49. The molecule has 7 heteroatoms. The molecule has 1 atom stereocenters. The molecule has 2 rings (SSSR count). The average molecular weight is 316 g/mol. The molecule has 1 aromatic rings. The summed E-state index contributed by atoms with van der Waals surface area (Å²) < 4.78 is 39.8. The Bertz CT molecular complexity index is 667. The summed E-state index contributed by atoms with van der Waals surface area (Å²) >= 11 is 5.68. The molecule has 0 aliphatic heterocycles. The highest BCUT2D eigenvalue weighted by atomic mass is 35.5. The van der Waals surface area contributed by atoms with Crippen LogP contribution in [0.4, 0.5) is 18.9 Å². The Morgan fingerprint density at radius 1 is 1.33 bits per heavy atom. The largest absolute Gasteiger partial charge is 0.433 e. The standard InChI is InChI=1S/C14H9ClF3NO2/c15-10-3-4-12(19-8-20)11(7-10)13(21,14(16,17)18)6-5-9-1-2-9/h3-4,7,9,21H,1-2H2/t13-/m0/s1. The number of rotatable bonds is 2. The molecule has 0 aromatic heterocycles. The van der Waals surface area contributed by atoms with Crippen molar-refractivity contribution in [2.45, 2.75) is 24.6 Å². The van der Waals surface area contributed by atoms with Gasteiger partial charge in [-0.25, -0.2) is 4.79 Å². The molecule has 21 heavy (non-hydrogen) atoms. The molecule has 3 nitrogen and oxygen atoms in total. The normalized spacial score (nSPS) is 17.2. The summed E-state index contributed by atoms with van der Waals surface area (Å²) in [5, 5.41) is 10.0. The number of hydrogen-bond donors (Lipinski definition) is 1. The van der Waals surface area contributed by atoms with Gasteiger partial charge in [-0.2, -0.15) is 18.2 Å². The molecule has 0 amide bonds. The Kier molecular flexibility index (Phi) is 4.11. The molecule has 0 unspecified atom stereocenters. The quantitative estimate of drug-likeness (QED) is 0.516. The van der Waals surface area contributed by atoms with Gasteiger partial charge in [0.1, 0.15) is 0 Å². The zero-order valence-electron chi connectivity index (χ0n) is 10.5. The molecular weight excluding hydrogens is 307 g/mol. The number of nitrogens with zero attached hydrogens (tertiary/aromatic N) is 1. The maximum atomic E-state index is 13.3. The molecule has 1 aliphatic rings. The summed E-state index contributed by atoms with van der Waals surface area (Å²) in [6, 6.07) is 3.25. The predicted octanol–water partition coefficient (Wildman–Crippen LogP) is 3.47. The van der Waals surface area contributed by atoms with E-state index in [4.69, 9.17) is 11.6 Å². The van der Waals surface area contributed by atoms with Gasteiger partial charge in [-0.05, 0) is 31.0 Å². The van der Waals surface area contributed by atoms with Crippen molar-refractivity contribution in [3.8, 4) is 11.8 Å². The minimum Gasteiger partial charge on any atom is -0.366 e. The zero-order valence-corrected chi connectivity index (χ0v) is 11.3. The van der Waals surface area contributed by atoms with Gasteiger partial charge in [0.05, 0.1) is 5.69 Å². The number of benzene rings is 1. The highest BCUT2D eigenvalue weighted by Gasteiger charge is 2.55. The van der Waals surface area contributed by atoms with Crippen molar-refractivity contribution in [3.63, 3.8) is 0 Å². The third-order valence-electron chi connectivity index (χ3n) is 2.96. The second kappa shape index (κ2) is 5.53. The van der Waals surface area contributed by atoms with E-state index in [0.29, 0.717) is 12.8 Å². The van der Waals surface area contributed by atoms with E-state index in [1.165, 1.54) is 6.07 Å². The van der Waals surface area contributed by atoms with E-state index in [-0.39, 0.29) is 16.6 Å². The van der Waals surface area contributed by atoms with E-state index in [9.17, 15) is 23.1 Å². The van der Waals surface area contributed by atoms with Gasteiger partial charge in [0, 0.05) is 16.5 Å². The fraction of sp³-hybridized carbons (Fsp3) is 0.357. The van der Waals surface area contributed by atoms with Crippen molar-refractivity contribution in [1.82, 2.24) is 0 Å². The molecule has 0 heterocycles. The first-order valence-corrected chi connectivity index (χ1v) is 6.35. The van der Waals surface area contributed by atoms with Crippen LogP contribution in [-0.2, 0) is 10.4 Å². The van der Waals surface area contributed by atoms with Crippen LogP contribution in [0.5, 0.6) is 0 Å². The van der Waals surface area contributed by atoms with E-state index in [1.54, 1.807) is 0 Å². The highest BCUT2D eigenvalue weighted by molar-refractivity contribution is 6.30. The number of halogens is 4. The Balaban J connectivity index is 2.64. The van der Waals surface area contributed by atoms with Gasteiger partial charge < -0.3 is 5.11 Å². The van der Waals surface area contributed by atoms with Crippen molar-refractivity contribution in [2.24, 2.45) is 10.9 Å². The van der Waals surface area contributed by atoms with E-state index in [1.807, 2.05) is 5.92 Å². The molecule has 0 radical (unpaired) electrons. The molecule has 0 saturated heterocycles. The van der Waals surface area contributed by atoms with Crippen LogP contribution in [0, 0.1) is 17.8 Å². The highest BCUT2D eigenvalue weighted by Crippen LogP contribution is 2.43. The minimum absolute atomic E-state index is 0.0363. The van der Waals surface area contributed by atoms with Crippen LogP contribution in [0.2, 0.25) is 5.02 Å². The monoisotopic (exact) mass is 315 g/mol. The average Bonchev–Trinajstić information content (AvgIpc) is 3.21. The molecule has 1 saturated carbocycles. The maximum absolute atomic E-state index is 13.3. The van der Waals surface area contributed by atoms with E-state index in [0.717, 1.165) is 18.2 Å². The van der Waals surface area contributed by atoms with Gasteiger partial charge in [-0.3, -0.25) is 0 Å². The summed E-state index contributed by atoms with van der Waals surface area (Å²) in [7, 11) is 0. The summed E-state index contributed by atoms with van der Waals surface area (Å²) in [4.78, 5) is 13.5. The molecule has 110 valence electrons. The Hall–Kier alpha value is -1.80.